The molecule has 2 aromatic rings. The van der Waals surface area contributed by atoms with Crippen LogP contribution in [0.4, 0.5) is 0 Å². The van der Waals surface area contributed by atoms with Gasteiger partial charge in [-0.15, -0.1) is 12.4 Å². The lowest BCUT2D eigenvalue weighted by Crippen LogP contribution is -2.29. The number of hydrogen-bond acceptors (Lipinski definition) is 5. The zero-order chi connectivity index (χ0) is 18.2. The number of amidine groups is 1. The number of nitrogens with two attached hydrogens (primary N) is 1. The number of carbonyl (C=O) groups is 1. The molecule has 1 unspecified atom stereocenters. The van der Waals surface area contributed by atoms with Crippen molar-refractivity contribution in [1.82, 2.24) is 0 Å². The van der Waals surface area contributed by atoms with Crippen LogP contribution in [-0.2, 0) is 12.0 Å². The highest BCUT2D eigenvalue weighted by Crippen LogP contribution is 2.36. The summed E-state index contributed by atoms with van der Waals surface area (Å²) in [6.45, 7) is 5.77. The summed E-state index contributed by atoms with van der Waals surface area (Å²) in [7, 11) is 0. The fourth-order valence-corrected chi connectivity index (χ4v) is 4.66. The van der Waals surface area contributed by atoms with E-state index in [-0.39, 0.29) is 23.7 Å². The second-order valence-corrected chi connectivity index (χ2v) is 8.63. The van der Waals surface area contributed by atoms with Crippen molar-refractivity contribution >= 4 is 51.0 Å². The van der Waals surface area contributed by atoms with Gasteiger partial charge in [0.15, 0.2) is 11.0 Å². The summed E-state index contributed by atoms with van der Waals surface area (Å²) < 4.78 is 6.43. The fraction of sp³-hybridized carbons (Fsp3) is 0.368. The summed E-state index contributed by atoms with van der Waals surface area (Å²) in [5, 5.41) is 0.621. The molecule has 140 valence electrons. The van der Waals surface area contributed by atoms with E-state index >= 15 is 0 Å². The number of halogens is 2. The van der Waals surface area contributed by atoms with E-state index < -0.39 is 0 Å². The number of rotatable bonds is 4. The zero-order valence-corrected chi connectivity index (χ0v) is 18.2. The molecule has 0 radical (unpaired) electrons. The lowest BCUT2D eigenvalue weighted by molar-refractivity contribution is 0.0991. The lowest BCUT2D eigenvalue weighted by Gasteiger charge is -2.30. The highest BCUT2D eigenvalue weighted by molar-refractivity contribution is 9.10. The molecule has 0 bridgehead atoms. The first-order chi connectivity index (χ1) is 11.8. The molecule has 0 amide bonds. The van der Waals surface area contributed by atoms with Crippen LogP contribution in [0.1, 0.15) is 46.3 Å². The van der Waals surface area contributed by atoms with Crippen LogP contribution in [0.2, 0.25) is 0 Å². The quantitative estimate of drug-likeness (QED) is 0.643. The van der Waals surface area contributed by atoms with Crippen molar-refractivity contribution in [2.24, 2.45) is 10.7 Å². The van der Waals surface area contributed by atoms with Gasteiger partial charge in [-0.1, -0.05) is 33.8 Å². The molecule has 1 aromatic carbocycles. The van der Waals surface area contributed by atoms with Gasteiger partial charge < -0.3 is 10.2 Å². The molecule has 0 fully saturated rings. The second kappa shape index (κ2) is 8.19. The maximum Gasteiger partial charge on any atom is 0.170 e. The Morgan fingerprint density at radius 1 is 1.35 bits per heavy atom. The van der Waals surface area contributed by atoms with Crippen molar-refractivity contribution in [3.05, 3.63) is 56.9 Å². The van der Waals surface area contributed by atoms with Gasteiger partial charge in [-0.2, -0.15) is 0 Å². The van der Waals surface area contributed by atoms with E-state index in [0.717, 1.165) is 33.5 Å². The number of aryl methyl sites for hydroxylation is 2. The smallest absolute Gasteiger partial charge is 0.170 e. The average Bonchev–Trinajstić information content (AvgIpc) is 2.85. The van der Waals surface area contributed by atoms with Gasteiger partial charge in [0.05, 0.1) is 11.1 Å². The molecule has 26 heavy (non-hydrogen) atoms. The van der Waals surface area contributed by atoms with Crippen molar-refractivity contribution in [3.8, 4) is 0 Å². The Morgan fingerprint density at radius 3 is 2.69 bits per heavy atom. The number of Topliss-reactive ketones (excluding diaryl/α,β-unsaturated/α-hetero) is 1. The molecule has 3 rings (SSSR count). The molecule has 1 aliphatic rings. The van der Waals surface area contributed by atoms with Crippen molar-refractivity contribution in [2.75, 3.05) is 5.75 Å². The standard InChI is InChI=1S/C19H21BrN2O2S.ClH/c1-11-6-16(12(2)24-11)17(23)9-13-7-14(10-15(20)8-13)19(3)4-5-25-18(21)22-19;/h6-8,10H,4-5,9H2,1-3H3,(H2,21,22);1H. The van der Waals surface area contributed by atoms with Crippen LogP contribution in [0.25, 0.3) is 0 Å². The van der Waals surface area contributed by atoms with Crippen molar-refractivity contribution in [3.63, 3.8) is 0 Å². The molecular weight excluding hydrogens is 436 g/mol. The number of benzene rings is 1. The van der Waals surface area contributed by atoms with Gasteiger partial charge in [0, 0.05) is 16.6 Å². The Labute approximate surface area is 172 Å². The van der Waals surface area contributed by atoms with Gasteiger partial charge in [-0.25, -0.2) is 0 Å². The molecule has 0 saturated carbocycles. The first-order valence-corrected chi connectivity index (χ1v) is 9.93. The first-order valence-electron chi connectivity index (χ1n) is 8.15. The molecule has 0 aliphatic carbocycles. The monoisotopic (exact) mass is 456 g/mol. The first kappa shape index (κ1) is 21.1. The van der Waals surface area contributed by atoms with Gasteiger partial charge in [0.2, 0.25) is 0 Å². The number of furan rings is 1. The Bertz CT molecular complexity index is 865. The normalized spacial score (nSPS) is 19.6. The number of carbonyl (C=O) groups excluding carboxylic acids is 1. The average molecular weight is 458 g/mol. The van der Waals surface area contributed by atoms with Gasteiger partial charge in [0.25, 0.3) is 0 Å². The lowest BCUT2D eigenvalue weighted by atomic mass is 9.88. The van der Waals surface area contributed by atoms with Crippen LogP contribution in [0.3, 0.4) is 0 Å². The molecule has 4 nitrogen and oxygen atoms in total. The molecule has 0 spiro atoms. The van der Waals surface area contributed by atoms with Crippen LogP contribution in [-0.4, -0.2) is 16.7 Å². The van der Waals surface area contributed by atoms with Crippen LogP contribution in [0, 0.1) is 13.8 Å². The molecule has 1 atom stereocenters. The maximum absolute atomic E-state index is 12.7. The third kappa shape index (κ3) is 4.53. The minimum absolute atomic E-state index is 0. The Kier molecular flexibility index (Phi) is 6.64. The predicted octanol–water partition coefficient (Wildman–Crippen LogP) is 5.17. The molecule has 0 saturated heterocycles. The van der Waals surface area contributed by atoms with E-state index in [4.69, 9.17) is 10.2 Å². The van der Waals surface area contributed by atoms with E-state index in [1.807, 2.05) is 19.9 Å². The molecule has 2 heterocycles. The summed E-state index contributed by atoms with van der Waals surface area (Å²) in [5.41, 5.74) is 8.28. The SMILES string of the molecule is Cc1cc(C(=O)Cc2cc(Br)cc(C3(C)CCSC(N)=N3)c2)c(C)o1.Cl. The van der Waals surface area contributed by atoms with E-state index in [2.05, 4.69) is 40.0 Å². The summed E-state index contributed by atoms with van der Waals surface area (Å²) >= 11 is 5.16. The number of aliphatic imine (C=N–C) groups is 1. The number of thioether (sulfide) groups is 1. The predicted molar refractivity (Wildman–Crippen MR) is 114 cm³/mol. The van der Waals surface area contributed by atoms with E-state index in [0.29, 0.717) is 22.9 Å². The third-order valence-electron chi connectivity index (χ3n) is 4.48. The summed E-state index contributed by atoms with van der Waals surface area (Å²) in [4.78, 5) is 17.3. The van der Waals surface area contributed by atoms with E-state index in [1.165, 1.54) is 0 Å². The number of ketones is 1. The highest BCUT2D eigenvalue weighted by Gasteiger charge is 2.30. The zero-order valence-electron chi connectivity index (χ0n) is 15.0. The number of nitrogens with zero attached hydrogens (tertiary/aromatic N) is 1. The molecule has 7 heteroatoms. The highest BCUT2D eigenvalue weighted by atomic mass is 79.9. The second-order valence-electron chi connectivity index (χ2n) is 6.60. The largest absolute Gasteiger partial charge is 0.466 e. The molecule has 1 aliphatic heterocycles. The Hall–Kier alpha value is -1.24. The van der Waals surface area contributed by atoms with Crippen molar-refractivity contribution in [1.29, 1.82) is 0 Å². The van der Waals surface area contributed by atoms with Crippen LogP contribution >= 0.6 is 40.1 Å². The fourth-order valence-electron chi connectivity index (χ4n) is 3.15. The minimum atomic E-state index is -0.348. The summed E-state index contributed by atoms with van der Waals surface area (Å²) in [6, 6.07) is 7.92. The van der Waals surface area contributed by atoms with Crippen molar-refractivity contribution in [2.45, 2.75) is 39.2 Å². The summed E-state index contributed by atoms with van der Waals surface area (Å²) in [6.07, 6.45) is 1.25. The van der Waals surface area contributed by atoms with E-state index in [9.17, 15) is 4.79 Å². The molecular formula is C19H22BrClN2O2S. The van der Waals surface area contributed by atoms with Gasteiger partial charge in [0.1, 0.15) is 11.5 Å². The van der Waals surface area contributed by atoms with Gasteiger partial charge in [-0.3, -0.25) is 9.79 Å². The van der Waals surface area contributed by atoms with Crippen LogP contribution in [0.15, 0.2) is 38.1 Å². The van der Waals surface area contributed by atoms with Gasteiger partial charge >= 0.3 is 0 Å². The van der Waals surface area contributed by atoms with Crippen LogP contribution < -0.4 is 5.73 Å². The van der Waals surface area contributed by atoms with E-state index in [1.54, 1.807) is 17.8 Å². The minimum Gasteiger partial charge on any atom is -0.466 e. The number of hydrogen-bond donors (Lipinski definition) is 1. The summed E-state index contributed by atoms with van der Waals surface area (Å²) in [5.74, 6) is 2.44. The Balaban J connectivity index is 0.00000243. The maximum atomic E-state index is 12.7. The third-order valence-corrected chi connectivity index (χ3v) is 5.73. The molecule has 1 aromatic heterocycles. The molecule has 2 N–H and O–H groups in total. The van der Waals surface area contributed by atoms with Crippen molar-refractivity contribution < 1.29 is 9.21 Å². The van der Waals surface area contributed by atoms with Gasteiger partial charge in [-0.05, 0) is 56.5 Å². The topological polar surface area (TPSA) is 68.6 Å². The van der Waals surface area contributed by atoms with Crippen LogP contribution in [0.5, 0.6) is 0 Å². The Morgan fingerprint density at radius 2 is 2.08 bits per heavy atom.